The van der Waals surface area contributed by atoms with Gasteiger partial charge >= 0.3 is 0 Å². The Hall–Kier alpha value is -2.09. The standard InChI is InChI=1S/C21H28Cl2N6O/c1-5-29-10-8-16(9-11-29)30-19-12-14(2)25-21(26-19)28(4)20(24)27(3)15-6-7-17(22)18(23)13-15/h6-7,12-13,16,24H,5,8-11H2,1-4H3. The summed E-state index contributed by atoms with van der Waals surface area (Å²) in [6.45, 7) is 7.23. The van der Waals surface area contributed by atoms with E-state index in [1.807, 2.05) is 19.1 Å². The molecule has 2 aromatic rings. The third kappa shape index (κ3) is 5.33. The zero-order valence-corrected chi connectivity index (χ0v) is 19.3. The Bertz CT molecular complexity index is 901. The molecule has 0 bridgehead atoms. The van der Waals surface area contributed by atoms with Crippen LogP contribution >= 0.6 is 23.2 Å². The fourth-order valence-corrected chi connectivity index (χ4v) is 3.68. The van der Waals surface area contributed by atoms with Crippen LogP contribution in [0, 0.1) is 12.3 Å². The molecule has 0 radical (unpaired) electrons. The maximum absolute atomic E-state index is 8.59. The highest BCUT2D eigenvalue weighted by Gasteiger charge is 2.22. The molecule has 1 aliphatic heterocycles. The van der Waals surface area contributed by atoms with Crippen LogP contribution in [-0.2, 0) is 0 Å². The second-order valence-corrected chi connectivity index (χ2v) is 8.25. The lowest BCUT2D eigenvalue weighted by atomic mass is 10.1. The molecule has 0 saturated carbocycles. The molecule has 1 fully saturated rings. The largest absolute Gasteiger partial charge is 0.474 e. The fraction of sp³-hybridized carbons (Fsp3) is 0.476. The Morgan fingerprint density at radius 2 is 1.83 bits per heavy atom. The normalized spacial score (nSPS) is 15.1. The van der Waals surface area contributed by atoms with Crippen LogP contribution in [0.25, 0.3) is 0 Å². The van der Waals surface area contributed by atoms with Gasteiger partial charge in [0, 0.05) is 44.6 Å². The maximum atomic E-state index is 8.59. The number of ether oxygens (including phenoxy) is 1. The lowest BCUT2D eigenvalue weighted by molar-refractivity contribution is 0.0997. The zero-order valence-electron chi connectivity index (χ0n) is 17.8. The van der Waals surface area contributed by atoms with Gasteiger partial charge in [-0.25, -0.2) is 4.98 Å². The van der Waals surface area contributed by atoms with Gasteiger partial charge in [-0.05, 0) is 44.5 Å². The minimum Gasteiger partial charge on any atom is -0.474 e. The molecule has 2 heterocycles. The molecule has 1 aromatic heterocycles. The number of guanidine groups is 1. The predicted molar refractivity (Wildman–Crippen MR) is 124 cm³/mol. The molecule has 0 atom stereocenters. The number of benzene rings is 1. The molecular weight excluding hydrogens is 423 g/mol. The Balaban J connectivity index is 1.72. The van der Waals surface area contributed by atoms with Crippen molar-refractivity contribution in [1.29, 1.82) is 5.41 Å². The molecule has 0 unspecified atom stereocenters. The van der Waals surface area contributed by atoms with Crippen molar-refractivity contribution in [3.05, 3.63) is 40.0 Å². The minimum atomic E-state index is 0.151. The number of aromatic nitrogens is 2. The molecule has 0 aliphatic carbocycles. The maximum Gasteiger partial charge on any atom is 0.235 e. The van der Waals surface area contributed by atoms with Gasteiger partial charge in [-0.3, -0.25) is 10.3 Å². The van der Waals surface area contributed by atoms with E-state index in [9.17, 15) is 0 Å². The van der Waals surface area contributed by atoms with E-state index in [2.05, 4.69) is 21.8 Å². The van der Waals surface area contributed by atoms with Crippen molar-refractivity contribution in [2.75, 3.05) is 43.5 Å². The molecule has 1 saturated heterocycles. The summed E-state index contributed by atoms with van der Waals surface area (Å²) >= 11 is 12.1. The van der Waals surface area contributed by atoms with Crippen molar-refractivity contribution < 1.29 is 4.74 Å². The van der Waals surface area contributed by atoms with E-state index in [0.717, 1.165) is 43.9 Å². The Kier molecular flexibility index (Phi) is 7.39. The number of hydrogen-bond donors (Lipinski definition) is 1. The number of aryl methyl sites for hydroxylation is 1. The summed E-state index contributed by atoms with van der Waals surface area (Å²) in [5.74, 6) is 1.15. The molecular formula is C21H28Cl2N6O. The van der Waals surface area contributed by atoms with Crippen molar-refractivity contribution in [2.45, 2.75) is 32.8 Å². The van der Waals surface area contributed by atoms with Crippen molar-refractivity contribution in [3.63, 3.8) is 0 Å². The van der Waals surface area contributed by atoms with Crippen molar-refractivity contribution in [1.82, 2.24) is 14.9 Å². The number of nitrogens with one attached hydrogen (secondary N) is 1. The number of piperidine rings is 1. The summed E-state index contributed by atoms with van der Waals surface area (Å²) in [5, 5.41) is 9.50. The van der Waals surface area contributed by atoms with E-state index in [0.29, 0.717) is 21.9 Å². The number of nitrogens with zero attached hydrogens (tertiary/aromatic N) is 5. The number of likely N-dealkylation sites (tertiary alicyclic amines) is 1. The highest BCUT2D eigenvalue weighted by molar-refractivity contribution is 6.42. The monoisotopic (exact) mass is 450 g/mol. The molecule has 9 heteroatoms. The molecule has 3 rings (SSSR count). The first kappa shape index (κ1) is 22.6. The minimum absolute atomic E-state index is 0.151. The molecule has 0 spiro atoms. The van der Waals surface area contributed by atoms with Crippen molar-refractivity contribution in [2.24, 2.45) is 0 Å². The van der Waals surface area contributed by atoms with Gasteiger partial charge < -0.3 is 14.5 Å². The van der Waals surface area contributed by atoms with Gasteiger partial charge in [-0.2, -0.15) is 4.98 Å². The average Bonchev–Trinajstić information content (AvgIpc) is 2.74. The van der Waals surface area contributed by atoms with Gasteiger partial charge in [0.1, 0.15) is 6.10 Å². The SMILES string of the molecule is CCN1CCC(Oc2cc(C)nc(N(C)C(=N)N(C)c3ccc(Cl)c(Cl)c3)n2)CC1. The van der Waals surface area contributed by atoms with Crippen LogP contribution in [0.4, 0.5) is 11.6 Å². The molecule has 0 amide bonds. The van der Waals surface area contributed by atoms with Crippen LogP contribution < -0.4 is 14.5 Å². The zero-order chi connectivity index (χ0) is 21.8. The van der Waals surface area contributed by atoms with Gasteiger partial charge in [0.25, 0.3) is 0 Å². The lowest BCUT2D eigenvalue weighted by Gasteiger charge is -2.31. The second kappa shape index (κ2) is 9.81. The van der Waals surface area contributed by atoms with Gasteiger partial charge in [0.05, 0.1) is 10.0 Å². The summed E-state index contributed by atoms with van der Waals surface area (Å²) in [6.07, 6.45) is 2.12. The van der Waals surface area contributed by atoms with E-state index in [-0.39, 0.29) is 12.1 Å². The third-order valence-corrected chi connectivity index (χ3v) is 6.05. The smallest absolute Gasteiger partial charge is 0.235 e. The van der Waals surface area contributed by atoms with Gasteiger partial charge in [-0.1, -0.05) is 30.1 Å². The number of hydrogen-bond acceptors (Lipinski definition) is 5. The van der Waals surface area contributed by atoms with Gasteiger partial charge in [0.2, 0.25) is 17.8 Å². The summed E-state index contributed by atoms with van der Waals surface area (Å²) in [4.78, 5) is 14.8. The highest BCUT2D eigenvalue weighted by Crippen LogP contribution is 2.27. The van der Waals surface area contributed by atoms with Crippen molar-refractivity contribution >= 4 is 40.8 Å². The van der Waals surface area contributed by atoms with E-state index in [1.54, 1.807) is 36.0 Å². The van der Waals surface area contributed by atoms with Crippen LogP contribution in [0.1, 0.15) is 25.5 Å². The van der Waals surface area contributed by atoms with Crippen LogP contribution in [0.5, 0.6) is 5.88 Å². The Labute approximate surface area is 188 Å². The lowest BCUT2D eigenvalue weighted by Crippen LogP contribution is -2.41. The van der Waals surface area contributed by atoms with Crippen LogP contribution in [0.15, 0.2) is 24.3 Å². The molecule has 30 heavy (non-hydrogen) atoms. The van der Waals surface area contributed by atoms with E-state index >= 15 is 0 Å². The number of anilines is 2. The third-order valence-electron chi connectivity index (χ3n) is 5.31. The molecule has 7 nitrogen and oxygen atoms in total. The predicted octanol–water partition coefficient (Wildman–Crippen LogP) is 4.46. The Morgan fingerprint density at radius 1 is 1.13 bits per heavy atom. The summed E-state index contributed by atoms with van der Waals surface area (Å²) < 4.78 is 6.15. The Morgan fingerprint density at radius 3 is 2.47 bits per heavy atom. The summed E-state index contributed by atoms with van der Waals surface area (Å²) in [5.41, 5.74) is 1.53. The first-order valence-corrected chi connectivity index (χ1v) is 10.8. The van der Waals surface area contributed by atoms with Crippen LogP contribution in [-0.4, -0.2) is 60.7 Å². The topological polar surface area (TPSA) is 68.6 Å². The van der Waals surface area contributed by atoms with Gasteiger partial charge in [0.15, 0.2) is 0 Å². The number of halogens is 2. The quantitative estimate of drug-likeness (QED) is 0.535. The molecule has 1 N–H and O–H groups in total. The van der Waals surface area contributed by atoms with E-state index < -0.39 is 0 Å². The molecule has 1 aliphatic rings. The highest BCUT2D eigenvalue weighted by atomic mass is 35.5. The first-order valence-electron chi connectivity index (χ1n) is 10.0. The second-order valence-electron chi connectivity index (χ2n) is 7.44. The first-order chi connectivity index (χ1) is 14.3. The molecule has 162 valence electrons. The van der Waals surface area contributed by atoms with E-state index in [1.165, 1.54) is 0 Å². The average molecular weight is 451 g/mol. The summed E-state index contributed by atoms with van der Waals surface area (Å²) in [6, 6.07) is 7.09. The number of rotatable bonds is 5. The summed E-state index contributed by atoms with van der Waals surface area (Å²) in [7, 11) is 3.54. The fourth-order valence-electron chi connectivity index (χ4n) is 3.38. The molecule has 1 aromatic carbocycles. The van der Waals surface area contributed by atoms with Crippen LogP contribution in [0.3, 0.4) is 0 Å². The van der Waals surface area contributed by atoms with Crippen LogP contribution in [0.2, 0.25) is 10.0 Å². The van der Waals surface area contributed by atoms with E-state index in [4.69, 9.17) is 33.3 Å². The van der Waals surface area contributed by atoms with Gasteiger partial charge in [-0.15, -0.1) is 0 Å². The van der Waals surface area contributed by atoms with Crippen molar-refractivity contribution in [3.8, 4) is 5.88 Å².